The molecule has 2 fully saturated rings. The lowest BCUT2D eigenvalue weighted by molar-refractivity contribution is -0.277. The lowest BCUT2D eigenvalue weighted by atomic mass is 9.95. The molecule has 0 aromatic carbocycles. The molecule has 0 saturated carbocycles. The molecule has 2 rings (SSSR count). The predicted molar refractivity (Wildman–Crippen MR) is 122 cm³/mol. The monoisotopic (exact) mass is 484 g/mol. The molecule has 0 aliphatic carbocycles. The van der Waals surface area contributed by atoms with Crippen molar-refractivity contribution < 1.29 is 27.0 Å². The molecule has 2 saturated heterocycles. The summed E-state index contributed by atoms with van der Waals surface area (Å²) >= 11 is 0. The minimum Gasteiger partial charge on any atom is -0.376 e. The second-order valence-corrected chi connectivity index (χ2v) is 11.0. The fourth-order valence-electron chi connectivity index (χ4n) is 4.45. The van der Waals surface area contributed by atoms with Gasteiger partial charge in [0.1, 0.15) is 6.67 Å². The van der Waals surface area contributed by atoms with Crippen LogP contribution >= 0.6 is 0 Å². The minimum absolute atomic E-state index is 0.105. The van der Waals surface area contributed by atoms with E-state index in [1.54, 1.807) is 0 Å². The molecule has 10 heteroatoms. The van der Waals surface area contributed by atoms with Crippen LogP contribution in [0.25, 0.3) is 0 Å². The molecule has 2 heterocycles. The number of nitrogens with zero attached hydrogens (tertiary/aromatic N) is 2. The van der Waals surface area contributed by atoms with Crippen LogP contribution in [0.1, 0.15) is 53.9 Å². The van der Waals surface area contributed by atoms with E-state index in [0.717, 1.165) is 32.5 Å². The van der Waals surface area contributed by atoms with Crippen molar-refractivity contribution >= 4 is 0 Å². The Kier molecular flexibility index (Phi) is 10.8. The summed E-state index contributed by atoms with van der Waals surface area (Å²) in [4.78, 5) is 2.67. The van der Waals surface area contributed by atoms with Crippen molar-refractivity contribution in [1.29, 1.82) is 0 Å². The average Bonchev–Trinajstić information content (AvgIpc) is 2.69. The SMILES string of the molecule is CC(C)(C)NCC1CN(C(F)(F)F)CC(CC(C)(C)NCCC[C@@H]2CN(CCF)CCO2)O1. The molecule has 3 atom stereocenters. The Labute approximate surface area is 196 Å². The molecule has 2 aliphatic rings. The molecule has 0 aromatic rings. The lowest BCUT2D eigenvalue weighted by Gasteiger charge is -2.42. The van der Waals surface area contributed by atoms with Crippen LogP contribution in [0.4, 0.5) is 17.6 Å². The van der Waals surface area contributed by atoms with E-state index >= 15 is 0 Å². The zero-order valence-corrected chi connectivity index (χ0v) is 20.9. The van der Waals surface area contributed by atoms with Gasteiger partial charge in [-0.3, -0.25) is 4.90 Å². The third-order valence-electron chi connectivity index (χ3n) is 6.12. The molecule has 2 aliphatic heterocycles. The van der Waals surface area contributed by atoms with Gasteiger partial charge < -0.3 is 20.1 Å². The molecule has 0 amide bonds. The molecule has 0 bridgehead atoms. The van der Waals surface area contributed by atoms with Gasteiger partial charge in [0.25, 0.3) is 0 Å². The van der Waals surface area contributed by atoms with E-state index < -0.39 is 18.5 Å². The second kappa shape index (κ2) is 12.4. The number of ether oxygens (including phenoxy) is 2. The first kappa shape index (κ1) is 28.7. The zero-order valence-electron chi connectivity index (χ0n) is 20.9. The van der Waals surface area contributed by atoms with Crippen LogP contribution in [0.15, 0.2) is 0 Å². The zero-order chi connectivity index (χ0) is 24.7. The van der Waals surface area contributed by atoms with Crippen molar-refractivity contribution in [3.63, 3.8) is 0 Å². The molecular formula is C23H44F4N4O2. The van der Waals surface area contributed by atoms with Gasteiger partial charge in [-0.15, -0.1) is 0 Å². The molecule has 196 valence electrons. The largest absolute Gasteiger partial charge is 0.460 e. The smallest absolute Gasteiger partial charge is 0.376 e. The van der Waals surface area contributed by atoms with Crippen LogP contribution < -0.4 is 10.6 Å². The third-order valence-corrected chi connectivity index (χ3v) is 6.12. The minimum atomic E-state index is -4.37. The van der Waals surface area contributed by atoms with Crippen molar-refractivity contribution in [2.24, 2.45) is 0 Å². The van der Waals surface area contributed by atoms with Gasteiger partial charge in [-0.05, 0) is 60.4 Å². The number of hydrogen-bond donors (Lipinski definition) is 2. The summed E-state index contributed by atoms with van der Waals surface area (Å²) in [5.74, 6) is 0. The third kappa shape index (κ3) is 11.2. The molecule has 0 radical (unpaired) electrons. The van der Waals surface area contributed by atoms with Crippen LogP contribution in [0.2, 0.25) is 0 Å². The summed E-state index contributed by atoms with van der Waals surface area (Å²) in [6, 6.07) is 0. The quantitative estimate of drug-likeness (QED) is 0.267. The van der Waals surface area contributed by atoms with Crippen LogP contribution in [0.3, 0.4) is 0 Å². The first-order chi connectivity index (χ1) is 15.3. The highest BCUT2D eigenvalue weighted by molar-refractivity contribution is 4.88. The van der Waals surface area contributed by atoms with Crippen molar-refractivity contribution in [3.05, 3.63) is 0 Å². The summed E-state index contributed by atoms with van der Waals surface area (Å²) in [5.41, 5.74) is -0.555. The van der Waals surface area contributed by atoms with E-state index in [1.807, 2.05) is 34.6 Å². The van der Waals surface area contributed by atoms with E-state index in [0.29, 0.717) is 31.0 Å². The highest BCUT2D eigenvalue weighted by Gasteiger charge is 2.44. The van der Waals surface area contributed by atoms with Crippen LogP contribution in [0, 0.1) is 0 Å². The Morgan fingerprint density at radius 1 is 0.939 bits per heavy atom. The second-order valence-electron chi connectivity index (χ2n) is 11.0. The van der Waals surface area contributed by atoms with Crippen LogP contribution in [-0.4, -0.2) is 105 Å². The summed E-state index contributed by atoms with van der Waals surface area (Å²) < 4.78 is 64.9. The van der Waals surface area contributed by atoms with E-state index in [1.165, 1.54) is 0 Å². The first-order valence-corrected chi connectivity index (χ1v) is 12.1. The predicted octanol–water partition coefficient (Wildman–Crippen LogP) is 3.17. The Bertz CT molecular complexity index is 570. The molecule has 2 N–H and O–H groups in total. The number of rotatable bonds is 11. The van der Waals surface area contributed by atoms with Crippen molar-refractivity contribution in [2.45, 2.75) is 89.6 Å². The highest BCUT2D eigenvalue weighted by atomic mass is 19.4. The van der Waals surface area contributed by atoms with Crippen molar-refractivity contribution in [2.75, 3.05) is 59.1 Å². The average molecular weight is 485 g/mol. The first-order valence-electron chi connectivity index (χ1n) is 12.1. The van der Waals surface area contributed by atoms with Crippen molar-refractivity contribution in [1.82, 2.24) is 20.4 Å². The van der Waals surface area contributed by atoms with Gasteiger partial charge in [-0.25, -0.2) is 9.29 Å². The molecule has 6 nitrogen and oxygen atoms in total. The number of halogens is 4. The van der Waals surface area contributed by atoms with Crippen LogP contribution in [-0.2, 0) is 9.47 Å². The van der Waals surface area contributed by atoms with Gasteiger partial charge in [0, 0.05) is 50.3 Å². The summed E-state index contributed by atoms with van der Waals surface area (Å²) in [7, 11) is 0. The van der Waals surface area contributed by atoms with E-state index in [-0.39, 0.29) is 36.9 Å². The lowest BCUT2D eigenvalue weighted by Crippen LogP contribution is -2.58. The number of nitrogens with one attached hydrogen (secondary N) is 2. The summed E-state index contributed by atoms with van der Waals surface area (Å²) in [5, 5.41) is 6.74. The van der Waals surface area contributed by atoms with E-state index in [4.69, 9.17) is 9.47 Å². The van der Waals surface area contributed by atoms with Gasteiger partial charge in [-0.2, -0.15) is 13.2 Å². The Balaban J connectivity index is 1.80. The highest BCUT2D eigenvalue weighted by Crippen LogP contribution is 2.28. The van der Waals surface area contributed by atoms with Gasteiger partial charge >= 0.3 is 6.30 Å². The summed E-state index contributed by atoms with van der Waals surface area (Å²) in [6.45, 7) is 13.0. The molecule has 0 aromatic heterocycles. The Hall–Kier alpha value is -0.520. The molecular weight excluding hydrogens is 440 g/mol. The topological polar surface area (TPSA) is 49.0 Å². The maximum atomic E-state index is 13.5. The van der Waals surface area contributed by atoms with Gasteiger partial charge in [0.05, 0.1) is 24.9 Å². The Morgan fingerprint density at radius 3 is 2.27 bits per heavy atom. The number of alkyl halides is 4. The van der Waals surface area contributed by atoms with Gasteiger partial charge in [-0.1, -0.05) is 0 Å². The number of hydrogen-bond acceptors (Lipinski definition) is 6. The van der Waals surface area contributed by atoms with Gasteiger partial charge in [0.15, 0.2) is 0 Å². The van der Waals surface area contributed by atoms with Gasteiger partial charge in [0.2, 0.25) is 0 Å². The standard InChI is InChI=1S/C23H44F4N4O2/c1-21(2,3)29-14-20-17-31(23(25,26)27)16-19(33-20)13-22(4,5)28-9-6-7-18-15-30(10-8-24)11-12-32-18/h18-20,28-29H,6-17H2,1-5H3/t18-,19?,20?/m1/s1. The maximum Gasteiger partial charge on any atom is 0.460 e. The van der Waals surface area contributed by atoms with Crippen LogP contribution in [0.5, 0.6) is 0 Å². The van der Waals surface area contributed by atoms with Crippen molar-refractivity contribution in [3.8, 4) is 0 Å². The number of morpholine rings is 2. The molecule has 33 heavy (non-hydrogen) atoms. The molecule has 0 spiro atoms. The molecule has 2 unspecified atom stereocenters. The fourth-order valence-corrected chi connectivity index (χ4v) is 4.45. The normalized spacial score (nSPS) is 26.6. The maximum absolute atomic E-state index is 13.5. The summed E-state index contributed by atoms with van der Waals surface area (Å²) in [6.07, 6.45) is -3.05. The van der Waals surface area contributed by atoms with E-state index in [2.05, 4.69) is 15.5 Å². The Morgan fingerprint density at radius 2 is 1.64 bits per heavy atom. The fraction of sp³-hybridized carbons (Fsp3) is 1.00. The van der Waals surface area contributed by atoms with E-state index in [9.17, 15) is 17.6 Å².